The second-order valence-electron chi connectivity index (χ2n) is 2.05. The van der Waals surface area contributed by atoms with Gasteiger partial charge in [-0.25, -0.2) is 11.6 Å². The van der Waals surface area contributed by atoms with Gasteiger partial charge in [0.15, 0.2) is 7.12 Å². The van der Waals surface area contributed by atoms with Crippen LogP contribution in [0.5, 0.6) is 0 Å². The van der Waals surface area contributed by atoms with E-state index in [4.69, 9.17) is 7.12 Å². The summed E-state index contributed by atoms with van der Waals surface area (Å²) in [5, 5.41) is 0. The van der Waals surface area contributed by atoms with Crippen LogP contribution < -0.4 is 0 Å². The van der Waals surface area contributed by atoms with E-state index >= 15 is 0 Å². The molecule has 2 heteroatoms. The molecule has 2 radical (unpaired) electrons. The molecular weight excluding hydrogens is 103 g/mol. The highest BCUT2D eigenvalue weighted by atomic mass is 32.2. The van der Waals surface area contributed by atoms with Gasteiger partial charge in [0.05, 0.1) is 0 Å². The van der Waals surface area contributed by atoms with Gasteiger partial charge in [-0.3, -0.25) is 0 Å². The summed E-state index contributed by atoms with van der Waals surface area (Å²) in [6.07, 6.45) is 1.24. The van der Waals surface area contributed by atoms with Crippen LogP contribution in [-0.2, 0) is 0 Å². The normalized spacial score (nSPS) is 10.1. The van der Waals surface area contributed by atoms with Crippen LogP contribution in [0.4, 0.5) is 0 Å². The summed E-state index contributed by atoms with van der Waals surface area (Å²) in [5.41, 5.74) is 0. The zero-order chi connectivity index (χ0) is 5.70. The molecule has 0 aliphatic rings. The summed E-state index contributed by atoms with van der Waals surface area (Å²) < 4.78 is 0. The van der Waals surface area contributed by atoms with Crippen LogP contribution in [0.3, 0.4) is 0 Å². The van der Waals surface area contributed by atoms with Gasteiger partial charge < -0.3 is 0 Å². The SMILES string of the molecule is [B]SCCC(C)C. The highest BCUT2D eigenvalue weighted by Gasteiger charge is 1.88. The Labute approximate surface area is 51.4 Å². The van der Waals surface area contributed by atoms with Crippen molar-refractivity contribution in [2.45, 2.75) is 20.3 Å². The summed E-state index contributed by atoms with van der Waals surface area (Å²) in [7, 11) is 5.19. The van der Waals surface area contributed by atoms with Crippen LogP contribution >= 0.6 is 11.6 Å². The highest BCUT2D eigenvalue weighted by Crippen LogP contribution is 2.03. The lowest BCUT2D eigenvalue weighted by atomic mass is 10.2. The van der Waals surface area contributed by atoms with Crippen LogP contribution in [-0.4, -0.2) is 12.9 Å². The molecule has 0 rings (SSSR count). The Morgan fingerprint density at radius 2 is 2.14 bits per heavy atom. The number of hydrogen-bond acceptors (Lipinski definition) is 1. The fourth-order valence-corrected chi connectivity index (χ4v) is 0.911. The smallest absolute Gasteiger partial charge is 0.161 e. The van der Waals surface area contributed by atoms with Crippen molar-refractivity contribution < 1.29 is 0 Å². The van der Waals surface area contributed by atoms with Gasteiger partial charge in [-0.2, -0.15) is 0 Å². The van der Waals surface area contributed by atoms with E-state index in [0.717, 1.165) is 11.7 Å². The Morgan fingerprint density at radius 3 is 2.29 bits per heavy atom. The minimum atomic E-state index is 0.802. The minimum Gasteiger partial charge on any atom is -0.227 e. The maximum atomic E-state index is 5.19. The molecule has 0 aliphatic heterocycles. The van der Waals surface area contributed by atoms with Gasteiger partial charge in [-0.1, -0.05) is 13.8 Å². The molecule has 0 saturated carbocycles. The zero-order valence-electron chi connectivity index (χ0n) is 4.98. The molecule has 0 amide bonds. The third-order valence-corrected chi connectivity index (χ3v) is 1.28. The Kier molecular flexibility index (Phi) is 4.84. The van der Waals surface area contributed by atoms with E-state index in [1.807, 2.05) is 0 Å². The molecule has 0 saturated heterocycles. The summed E-state index contributed by atoms with van der Waals surface area (Å²) >= 11 is 1.43. The standard InChI is InChI=1S/C5H11BS/c1-5(2)3-4-7-6/h5H,3-4H2,1-2H3. The maximum Gasteiger partial charge on any atom is 0.161 e. The van der Waals surface area contributed by atoms with Crippen LogP contribution in [0, 0.1) is 5.92 Å². The molecule has 0 N–H and O–H groups in total. The van der Waals surface area contributed by atoms with Crippen molar-refractivity contribution in [3.8, 4) is 0 Å². The van der Waals surface area contributed by atoms with Crippen molar-refractivity contribution in [1.29, 1.82) is 0 Å². The van der Waals surface area contributed by atoms with Crippen molar-refractivity contribution in [1.82, 2.24) is 0 Å². The van der Waals surface area contributed by atoms with Crippen molar-refractivity contribution in [3.63, 3.8) is 0 Å². The topological polar surface area (TPSA) is 0 Å². The van der Waals surface area contributed by atoms with E-state index in [2.05, 4.69) is 13.8 Å². The van der Waals surface area contributed by atoms with E-state index in [-0.39, 0.29) is 0 Å². The van der Waals surface area contributed by atoms with Crippen molar-refractivity contribution in [2.75, 3.05) is 5.75 Å². The largest absolute Gasteiger partial charge is 0.227 e. The Bertz CT molecular complexity index is 37.1. The average molecular weight is 114 g/mol. The average Bonchev–Trinajstić information content (AvgIpc) is 1.61. The van der Waals surface area contributed by atoms with Crippen molar-refractivity contribution >= 4 is 18.7 Å². The molecule has 0 aromatic heterocycles. The fourth-order valence-electron chi connectivity index (χ4n) is 0.304. The van der Waals surface area contributed by atoms with Gasteiger partial charge in [-0.05, 0) is 18.1 Å². The van der Waals surface area contributed by atoms with Gasteiger partial charge >= 0.3 is 0 Å². The highest BCUT2D eigenvalue weighted by molar-refractivity contribution is 8.19. The lowest BCUT2D eigenvalue weighted by Gasteiger charge is -1.99. The Morgan fingerprint density at radius 1 is 1.57 bits per heavy atom. The molecular formula is C5H11BS. The van der Waals surface area contributed by atoms with E-state index in [1.165, 1.54) is 18.0 Å². The van der Waals surface area contributed by atoms with Crippen LogP contribution in [0.15, 0.2) is 0 Å². The molecule has 0 aliphatic carbocycles. The molecule has 7 heavy (non-hydrogen) atoms. The fraction of sp³-hybridized carbons (Fsp3) is 1.00. The van der Waals surface area contributed by atoms with E-state index in [0.29, 0.717) is 0 Å². The van der Waals surface area contributed by atoms with E-state index < -0.39 is 0 Å². The second-order valence-corrected chi connectivity index (χ2v) is 2.79. The quantitative estimate of drug-likeness (QED) is 0.504. The van der Waals surface area contributed by atoms with Crippen molar-refractivity contribution in [2.24, 2.45) is 5.92 Å². The zero-order valence-corrected chi connectivity index (χ0v) is 5.79. The van der Waals surface area contributed by atoms with Gasteiger partial charge in [-0.15, -0.1) is 0 Å². The third kappa shape index (κ3) is 6.41. The molecule has 0 atom stereocenters. The molecule has 0 bridgehead atoms. The van der Waals surface area contributed by atoms with Gasteiger partial charge in [0.2, 0.25) is 0 Å². The summed E-state index contributed by atoms with van der Waals surface area (Å²) in [4.78, 5) is 0. The van der Waals surface area contributed by atoms with Gasteiger partial charge in [0.25, 0.3) is 0 Å². The van der Waals surface area contributed by atoms with E-state index in [9.17, 15) is 0 Å². The monoisotopic (exact) mass is 114 g/mol. The first-order chi connectivity index (χ1) is 3.27. The number of hydrogen-bond donors (Lipinski definition) is 0. The molecule has 0 spiro atoms. The third-order valence-electron chi connectivity index (χ3n) is 0.813. The molecule has 0 aromatic carbocycles. The predicted molar refractivity (Wildman–Crippen MR) is 37.7 cm³/mol. The lowest BCUT2D eigenvalue weighted by molar-refractivity contribution is 0.633. The maximum absolute atomic E-state index is 5.19. The first-order valence-corrected chi connectivity index (χ1v) is 3.64. The van der Waals surface area contributed by atoms with Gasteiger partial charge in [0.1, 0.15) is 0 Å². The predicted octanol–water partition coefficient (Wildman–Crippen LogP) is 1.85. The molecule has 0 heterocycles. The first-order valence-electron chi connectivity index (χ1n) is 2.59. The molecule has 0 aromatic rings. The van der Waals surface area contributed by atoms with Crippen LogP contribution in [0.2, 0.25) is 0 Å². The summed E-state index contributed by atoms with van der Waals surface area (Å²) in [6.45, 7) is 4.41. The molecule has 0 unspecified atom stereocenters. The summed E-state index contributed by atoms with van der Waals surface area (Å²) in [5.74, 6) is 1.90. The molecule has 0 nitrogen and oxygen atoms in total. The number of rotatable bonds is 3. The van der Waals surface area contributed by atoms with E-state index in [1.54, 1.807) is 0 Å². The Hall–Kier alpha value is 0.415. The minimum absolute atomic E-state index is 0.802. The first kappa shape index (κ1) is 7.41. The van der Waals surface area contributed by atoms with Gasteiger partial charge in [0, 0.05) is 0 Å². The summed E-state index contributed by atoms with van der Waals surface area (Å²) in [6, 6.07) is 0. The van der Waals surface area contributed by atoms with Crippen LogP contribution in [0.1, 0.15) is 20.3 Å². The lowest BCUT2D eigenvalue weighted by Crippen LogP contribution is -1.87. The van der Waals surface area contributed by atoms with Crippen LogP contribution in [0.25, 0.3) is 0 Å². The Balaban J connectivity index is 2.68. The molecule has 0 fully saturated rings. The molecule has 40 valence electrons. The second kappa shape index (κ2) is 4.57. The van der Waals surface area contributed by atoms with Crippen molar-refractivity contribution in [3.05, 3.63) is 0 Å².